The molecule has 1 heterocycles. The lowest BCUT2D eigenvalue weighted by molar-refractivity contribution is -0.137. The van der Waals surface area contributed by atoms with E-state index in [-0.39, 0.29) is 27.7 Å². The van der Waals surface area contributed by atoms with E-state index in [1.165, 1.54) is 35.0 Å². The Bertz CT molecular complexity index is 1300. The topological polar surface area (TPSA) is 57.0 Å². The number of halogens is 5. The summed E-state index contributed by atoms with van der Waals surface area (Å²) in [6.45, 7) is 0. The van der Waals surface area contributed by atoms with Gasteiger partial charge >= 0.3 is 12.1 Å². The molecule has 0 radical (unpaired) electrons. The van der Waals surface area contributed by atoms with Gasteiger partial charge in [0, 0.05) is 12.6 Å². The summed E-state index contributed by atoms with van der Waals surface area (Å²) in [6.07, 6.45) is -4.48. The zero-order chi connectivity index (χ0) is 23.8. The van der Waals surface area contributed by atoms with Gasteiger partial charge in [0.2, 0.25) is 0 Å². The Kier molecular flexibility index (Phi) is 5.90. The van der Waals surface area contributed by atoms with E-state index in [0.29, 0.717) is 11.4 Å². The van der Waals surface area contributed by atoms with E-state index >= 15 is 0 Å². The van der Waals surface area contributed by atoms with E-state index in [4.69, 9.17) is 16.3 Å². The second-order valence-corrected chi connectivity index (χ2v) is 7.38. The van der Waals surface area contributed by atoms with Crippen LogP contribution in [0.1, 0.15) is 15.9 Å². The Labute approximate surface area is 190 Å². The highest BCUT2D eigenvalue weighted by molar-refractivity contribution is 6.33. The molecular formula is C23H14ClF4N3O2. The minimum absolute atomic E-state index is 0.0169. The zero-order valence-corrected chi connectivity index (χ0v) is 17.7. The quantitative estimate of drug-likeness (QED) is 0.201. The van der Waals surface area contributed by atoms with Gasteiger partial charge in [-0.2, -0.15) is 18.3 Å². The molecule has 0 aliphatic rings. The van der Waals surface area contributed by atoms with Gasteiger partial charge in [0.15, 0.2) is 11.6 Å². The molecule has 0 saturated carbocycles. The van der Waals surface area contributed by atoms with Gasteiger partial charge < -0.3 is 4.74 Å². The number of carbonyl (C=O) groups is 1. The number of aryl methyl sites for hydroxylation is 1. The summed E-state index contributed by atoms with van der Waals surface area (Å²) in [7, 11) is 1.63. The summed E-state index contributed by atoms with van der Waals surface area (Å²) in [5, 5.41) is 4.40. The average molecular weight is 476 g/mol. The maximum absolute atomic E-state index is 14.2. The van der Waals surface area contributed by atoms with Gasteiger partial charge in [-0.3, -0.25) is 0 Å². The highest BCUT2D eigenvalue weighted by atomic mass is 35.5. The second kappa shape index (κ2) is 8.67. The SMILES string of the molecule is Cn1nc(-c2c(F)cccc2Cl)nc1-c1ccc(C(=O)Oc2ccc(C(F)(F)F)cc2)cc1. The normalized spacial score (nSPS) is 11.5. The first-order valence-electron chi connectivity index (χ1n) is 9.49. The summed E-state index contributed by atoms with van der Waals surface area (Å²) >= 11 is 6.09. The van der Waals surface area contributed by atoms with Crippen LogP contribution in [0.3, 0.4) is 0 Å². The molecule has 0 fully saturated rings. The summed E-state index contributed by atoms with van der Waals surface area (Å²) in [6, 6.07) is 14.2. The number of benzene rings is 3. The minimum Gasteiger partial charge on any atom is -0.423 e. The average Bonchev–Trinajstić information content (AvgIpc) is 3.14. The number of hydrogen-bond acceptors (Lipinski definition) is 4. The molecule has 33 heavy (non-hydrogen) atoms. The molecule has 1 aromatic heterocycles. The van der Waals surface area contributed by atoms with Crippen LogP contribution in [0.4, 0.5) is 17.6 Å². The van der Waals surface area contributed by atoms with Crippen molar-refractivity contribution in [3.05, 3.63) is 88.7 Å². The summed E-state index contributed by atoms with van der Waals surface area (Å²) in [4.78, 5) is 16.7. The minimum atomic E-state index is -4.48. The van der Waals surface area contributed by atoms with Gasteiger partial charge in [0.1, 0.15) is 11.6 Å². The summed E-state index contributed by atoms with van der Waals surface area (Å²) < 4.78 is 58.7. The third-order valence-electron chi connectivity index (χ3n) is 4.72. The third-order valence-corrected chi connectivity index (χ3v) is 5.04. The lowest BCUT2D eigenvalue weighted by Crippen LogP contribution is -2.09. The molecule has 5 nitrogen and oxygen atoms in total. The van der Waals surface area contributed by atoms with Gasteiger partial charge in [0.25, 0.3) is 0 Å². The van der Waals surface area contributed by atoms with E-state index in [0.717, 1.165) is 24.3 Å². The molecule has 0 aliphatic carbocycles. The van der Waals surface area contributed by atoms with Crippen LogP contribution < -0.4 is 4.74 Å². The molecule has 0 aliphatic heterocycles. The summed E-state index contributed by atoms with van der Waals surface area (Å²) in [5.74, 6) is -0.788. The molecule has 4 rings (SSSR count). The maximum atomic E-state index is 14.2. The van der Waals surface area contributed by atoms with E-state index in [1.54, 1.807) is 19.2 Å². The second-order valence-electron chi connectivity index (χ2n) is 6.97. The highest BCUT2D eigenvalue weighted by Crippen LogP contribution is 2.31. The number of ether oxygens (including phenoxy) is 1. The van der Waals surface area contributed by atoms with Crippen LogP contribution in [0.2, 0.25) is 5.02 Å². The lowest BCUT2D eigenvalue weighted by atomic mass is 10.1. The van der Waals surface area contributed by atoms with Crippen LogP contribution in [0, 0.1) is 5.82 Å². The van der Waals surface area contributed by atoms with Crippen molar-refractivity contribution in [3.63, 3.8) is 0 Å². The largest absolute Gasteiger partial charge is 0.423 e. The van der Waals surface area contributed by atoms with E-state index < -0.39 is 23.5 Å². The molecular weight excluding hydrogens is 462 g/mol. The van der Waals surface area contributed by atoms with Crippen molar-refractivity contribution in [2.75, 3.05) is 0 Å². The number of carbonyl (C=O) groups excluding carboxylic acids is 1. The first kappa shape index (κ1) is 22.5. The molecule has 3 aromatic carbocycles. The number of rotatable bonds is 4. The predicted octanol–water partition coefficient (Wildman–Crippen LogP) is 6.18. The van der Waals surface area contributed by atoms with Crippen LogP contribution in [-0.4, -0.2) is 20.7 Å². The molecule has 0 amide bonds. The first-order chi connectivity index (χ1) is 15.6. The van der Waals surface area contributed by atoms with Crippen LogP contribution in [-0.2, 0) is 13.2 Å². The van der Waals surface area contributed by atoms with Gasteiger partial charge in [-0.05, 0) is 48.5 Å². The van der Waals surface area contributed by atoms with Crippen LogP contribution >= 0.6 is 11.6 Å². The summed E-state index contributed by atoms with van der Waals surface area (Å²) in [5.41, 5.74) is 0.0112. The van der Waals surface area contributed by atoms with Crippen molar-refractivity contribution in [2.24, 2.45) is 7.05 Å². The Morgan fingerprint density at radius 2 is 1.67 bits per heavy atom. The molecule has 0 spiro atoms. The molecule has 4 aromatic rings. The maximum Gasteiger partial charge on any atom is 0.416 e. The van der Waals surface area contributed by atoms with Crippen molar-refractivity contribution in [3.8, 4) is 28.5 Å². The Morgan fingerprint density at radius 1 is 1.00 bits per heavy atom. The van der Waals surface area contributed by atoms with Gasteiger partial charge in [-0.1, -0.05) is 29.8 Å². The van der Waals surface area contributed by atoms with E-state index in [1.807, 2.05) is 0 Å². The molecule has 0 saturated heterocycles. The molecule has 0 unspecified atom stereocenters. The Morgan fingerprint density at radius 3 is 2.27 bits per heavy atom. The standard InChI is InChI=1S/C23H14ClF4N3O2/c1-31-21(29-20(30-31)19-17(24)3-2-4-18(19)25)13-5-7-14(8-6-13)22(32)33-16-11-9-15(10-12-16)23(26,27)28/h2-12H,1H3. The fourth-order valence-electron chi connectivity index (χ4n) is 3.09. The lowest BCUT2D eigenvalue weighted by Gasteiger charge is -2.08. The Balaban J connectivity index is 1.53. The predicted molar refractivity (Wildman–Crippen MR) is 113 cm³/mol. The third kappa shape index (κ3) is 4.73. The smallest absolute Gasteiger partial charge is 0.416 e. The number of alkyl halides is 3. The van der Waals surface area contributed by atoms with Crippen LogP contribution in [0.15, 0.2) is 66.7 Å². The fraction of sp³-hybridized carbons (Fsp3) is 0.0870. The van der Waals surface area contributed by atoms with Crippen LogP contribution in [0.5, 0.6) is 5.75 Å². The molecule has 10 heteroatoms. The van der Waals surface area contributed by atoms with Crippen molar-refractivity contribution >= 4 is 17.6 Å². The van der Waals surface area contributed by atoms with E-state index in [9.17, 15) is 22.4 Å². The number of esters is 1. The van der Waals surface area contributed by atoms with Crippen molar-refractivity contribution in [1.29, 1.82) is 0 Å². The molecule has 0 N–H and O–H groups in total. The van der Waals surface area contributed by atoms with E-state index in [2.05, 4.69) is 10.1 Å². The number of nitrogens with zero attached hydrogens (tertiary/aromatic N) is 3. The van der Waals surface area contributed by atoms with Crippen molar-refractivity contribution in [1.82, 2.24) is 14.8 Å². The highest BCUT2D eigenvalue weighted by Gasteiger charge is 2.30. The first-order valence-corrected chi connectivity index (χ1v) is 9.86. The van der Waals surface area contributed by atoms with Crippen LogP contribution in [0.25, 0.3) is 22.8 Å². The number of hydrogen-bond donors (Lipinski definition) is 0. The molecule has 168 valence electrons. The zero-order valence-electron chi connectivity index (χ0n) is 16.9. The van der Waals surface area contributed by atoms with Gasteiger partial charge in [0.05, 0.1) is 21.7 Å². The Hall–Kier alpha value is -3.72. The van der Waals surface area contributed by atoms with Crippen molar-refractivity contribution < 1.29 is 27.1 Å². The van der Waals surface area contributed by atoms with Gasteiger partial charge in [-0.15, -0.1) is 0 Å². The molecule has 0 bridgehead atoms. The molecule has 0 atom stereocenters. The fourth-order valence-corrected chi connectivity index (χ4v) is 3.33. The van der Waals surface area contributed by atoms with Gasteiger partial charge in [-0.25, -0.2) is 18.9 Å². The monoisotopic (exact) mass is 475 g/mol. The van der Waals surface area contributed by atoms with Crippen molar-refractivity contribution in [2.45, 2.75) is 6.18 Å². The number of aromatic nitrogens is 3.